The average Bonchev–Trinajstić information content (AvgIpc) is 2.86. The highest BCUT2D eigenvalue weighted by atomic mass is 16.6. The molecule has 0 saturated carbocycles. The van der Waals surface area contributed by atoms with Gasteiger partial charge in [-0.1, -0.05) is 18.2 Å². The van der Waals surface area contributed by atoms with Gasteiger partial charge in [-0.3, -0.25) is 4.98 Å². The minimum atomic E-state index is -0.479. The number of amides is 1. The topological polar surface area (TPSA) is 69.0 Å². The molecule has 132 valence electrons. The Morgan fingerprint density at radius 1 is 1.24 bits per heavy atom. The molecule has 6 heteroatoms. The van der Waals surface area contributed by atoms with E-state index in [0.717, 1.165) is 40.7 Å². The van der Waals surface area contributed by atoms with Gasteiger partial charge in [0.25, 0.3) is 0 Å². The molecule has 0 spiro atoms. The van der Waals surface area contributed by atoms with Crippen molar-refractivity contribution in [1.29, 1.82) is 0 Å². The lowest BCUT2D eigenvalue weighted by Gasteiger charge is -2.19. The second kappa shape index (κ2) is 6.70. The van der Waals surface area contributed by atoms with E-state index in [2.05, 4.69) is 25.9 Å². The smallest absolute Gasteiger partial charge is 0.407 e. The number of carbonyl (C=O) groups excluding carboxylic acids is 1. The van der Waals surface area contributed by atoms with Gasteiger partial charge in [0, 0.05) is 18.5 Å². The lowest BCUT2D eigenvalue weighted by molar-refractivity contribution is 0.0527. The number of hydrogen-bond acceptors (Lipinski definition) is 4. The maximum atomic E-state index is 11.7. The first-order valence-corrected chi connectivity index (χ1v) is 8.52. The van der Waals surface area contributed by atoms with Crippen molar-refractivity contribution in [2.45, 2.75) is 46.3 Å². The molecule has 25 heavy (non-hydrogen) atoms. The Bertz CT molecular complexity index is 909. The number of para-hydroxylation sites is 1. The summed E-state index contributed by atoms with van der Waals surface area (Å²) in [6.45, 7) is 8.88. The van der Waals surface area contributed by atoms with Crippen molar-refractivity contribution in [3.63, 3.8) is 0 Å². The summed E-state index contributed by atoms with van der Waals surface area (Å²) in [4.78, 5) is 20.8. The third-order valence-corrected chi connectivity index (χ3v) is 3.90. The van der Waals surface area contributed by atoms with Crippen molar-refractivity contribution in [1.82, 2.24) is 19.9 Å². The van der Waals surface area contributed by atoms with Crippen LogP contribution in [0.4, 0.5) is 4.79 Å². The molecule has 0 saturated heterocycles. The molecule has 2 aromatic heterocycles. The van der Waals surface area contributed by atoms with Gasteiger partial charge < -0.3 is 14.6 Å². The second-order valence-electron chi connectivity index (χ2n) is 7.10. The van der Waals surface area contributed by atoms with Gasteiger partial charge in [-0.25, -0.2) is 9.78 Å². The van der Waals surface area contributed by atoms with Gasteiger partial charge in [0.1, 0.15) is 16.9 Å². The van der Waals surface area contributed by atoms with Crippen molar-refractivity contribution in [2.24, 2.45) is 0 Å². The first-order chi connectivity index (χ1) is 11.8. The van der Waals surface area contributed by atoms with Crippen LogP contribution in [-0.4, -0.2) is 32.8 Å². The van der Waals surface area contributed by atoms with E-state index in [1.807, 2.05) is 52.1 Å². The Labute approximate surface area is 147 Å². The number of rotatable bonds is 4. The predicted molar refractivity (Wildman–Crippen MR) is 98.6 cm³/mol. The molecule has 1 amide bonds. The van der Waals surface area contributed by atoms with Crippen LogP contribution in [0.2, 0.25) is 0 Å². The van der Waals surface area contributed by atoms with Crippen molar-refractivity contribution in [2.75, 3.05) is 6.54 Å². The summed E-state index contributed by atoms with van der Waals surface area (Å²) in [5.74, 6) is 0.949. The highest BCUT2D eigenvalue weighted by molar-refractivity contribution is 6.02. The number of aromatic nitrogens is 3. The summed E-state index contributed by atoms with van der Waals surface area (Å²) >= 11 is 0. The number of aryl methyl sites for hydroxylation is 2. The number of imidazole rings is 1. The number of fused-ring (bicyclic) bond motifs is 3. The normalized spacial score (nSPS) is 11.8. The summed E-state index contributed by atoms with van der Waals surface area (Å²) in [7, 11) is 0. The Morgan fingerprint density at radius 2 is 2.00 bits per heavy atom. The Balaban J connectivity index is 1.73. The van der Waals surface area contributed by atoms with Crippen molar-refractivity contribution >= 4 is 28.0 Å². The molecule has 2 heterocycles. The summed E-state index contributed by atoms with van der Waals surface area (Å²) in [6, 6.07) is 8.08. The van der Waals surface area contributed by atoms with Gasteiger partial charge in [0.05, 0.1) is 17.2 Å². The van der Waals surface area contributed by atoms with E-state index in [9.17, 15) is 4.79 Å². The van der Waals surface area contributed by atoms with Crippen LogP contribution in [0.15, 0.2) is 30.5 Å². The summed E-state index contributed by atoms with van der Waals surface area (Å²) < 4.78 is 7.44. The molecular weight excluding hydrogens is 316 g/mol. The maximum absolute atomic E-state index is 11.7. The Morgan fingerprint density at radius 3 is 2.76 bits per heavy atom. The molecule has 0 radical (unpaired) electrons. The average molecular weight is 340 g/mol. The summed E-state index contributed by atoms with van der Waals surface area (Å²) in [5, 5.41) is 3.90. The molecule has 0 bridgehead atoms. The van der Waals surface area contributed by atoms with E-state index in [-0.39, 0.29) is 6.09 Å². The van der Waals surface area contributed by atoms with E-state index in [4.69, 9.17) is 4.74 Å². The number of nitrogens with zero attached hydrogens (tertiary/aromatic N) is 3. The maximum Gasteiger partial charge on any atom is 0.407 e. The Kier molecular flexibility index (Phi) is 4.61. The minimum absolute atomic E-state index is 0.380. The van der Waals surface area contributed by atoms with Gasteiger partial charge in [0.15, 0.2) is 0 Å². The van der Waals surface area contributed by atoms with Gasteiger partial charge >= 0.3 is 6.09 Å². The molecule has 6 nitrogen and oxygen atoms in total. The third-order valence-electron chi connectivity index (χ3n) is 3.90. The predicted octanol–water partition coefficient (Wildman–Crippen LogP) is 3.81. The van der Waals surface area contributed by atoms with Crippen LogP contribution in [0, 0.1) is 6.92 Å². The minimum Gasteiger partial charge on any atom is -0.444 e. The van der Waals surface area contributed by atoms with E-state index in [0.29, 0.717) is 6.54 Å². The van der Waals surface area contributed by atoms with Crippen LogP contribution in [0.5, 0.6) is 0 Å². The van der Waals surface area contributed by atoms with Crippen molar-refractivity contribution in [3.05, 3.63) is 36.3 Å². The fourth-order valence-electron chi connectivity index (χ4n) is 2.89. The molecule has 3 rings (SSSR count). The molecule has 0 aliphatic rings. The monoisotopic (exact) mass is 340 g/mol. The van der Waals surface area contributed by atoms with Crippen LogP contribution in [0.1, 0.15) is 33.0 Å². The molecular formula is C19H24N4O2. The Hall–Kier alpha value is -2.63. The highest BCUT2D eigenvalue weighted by Gasteiger charge is 2.16. The number of nitrogens with one attached hydrogen (secondary N) is 1. The lowest BCUT2D eigenvalue weighted by Crippen LogP contribution is -2.33. The molecule has 0 unspecified atom stereocenters. The number of alkyl carbamates (subject to hydrolysis) is 1. The quantitative estimate of drug-likeness (QED) is 0.733. The zero-order valence-corrected chi connectivity index (χ0v) is 15.2. The molecule has 1 N–H and O–H groups in total. The summed E-state index contributed by atoms with van der Waals surface area (Å²) in [6.07, 6.45) is 2.23. The molecule has 1 aromatic carbocycles. The number of carbonyl (C=O) groups is 1. The van der Waals surface area contributed by atoms with Crippen LogP contribution >= 0.6 is 0 Å². The lowest BCUT2D eigenvalue weighted by atomic mass is 10.2. The number of ether oxygens (including phenoxy) is 1. The molecule has 0 fully saturated rings. The molecule has 0 atom stereocenters. The van der Waals surface area contributed by atoms with Gasteiger partial charge in [-0.2, -0.15) is 0 Å². The number of benzene rings is 1. The van der Waals surface area contributed by atoms with Crippen LogP contribution in [0.25, 0.3) is 21.9 Å². The zero-order valence-electron chi connectivity index (χ0n) is 15.2. The molecule has 3 aromatic rings. The van der Waals surface area contributed by atoms with E-state index >= 15 is 0 Å². The van der Waals surface area contributed by atoms with Crippen LogP contribution < -0.4 is 5.32 Å². The van der Waals surface area contributed by atoms with Crippen molar-refractivity contribution < 1.29 is 9.53 Å². The van der Waals surface area contributed by atoms with Crippen molar-refractivity contribution in [3.8, 4) is 0 Å². The van der Waals surface area contributed by atoms with Crippen LogP contribution in [-0.2, 0) is 11.3 Å². The number of pyridine rings is 1. The van der Waals surface area contributed by atoms with Crippen LogP contribution in [0.3, 0.4) is 0 Å². The molecule has 0 aliphatic carbocycles. The third kappa shape index (κ3) is 3.90. The van der Waals surface area contributed by atoms with E-state index < -0.39 is 5.60 Å². The van der Waals surface area contributed by atoms with E-state index in [1.165, 1.54) is 0 Å². The first-order valence-electron chi connectivity index (χ1n) is 8.52. The SMILES string of the molecule is Cc1nc2cnc3ccccc3c2n1CCCNC(=O)OC(C)(C)C. The van der Waals surface area contributed by atoms with Gasteiger partial charge in [-0.05, 0) is 40.2 Å². The largest absolute Gasteiger partial charge is 0.444 e. The zero-order chi connectivity index (χ0) is 18.0. The van der Waals surface area contributed by atoms with Gasteiger partial charge in [0.2, 0.25) is 0 Å². The summed E-state index contributed by atoms with van der Waals surface area (Å²) in [5.41, 5.74) is 2.48. The fraction of sp³-hybridized carbons (Fsp3) is 0.421. The van der Waals surface area contributed by atoms with Gasteiger partial charge in [-0.15, -0.1) is 0 Å². The fourth-order valence-corrected chi connectivity index (χ4v) is 2.89. The van der Waals surface area contributed by atoms with E-state index in [1.54, 1.807) is 0 Å². The standard InChI is InChI=1S/C19H24N4O2/c1-13-22-16-12-21-15-9-6-5-8-14(15)17(16)23(13)11-7-10-20-18(24)25-19(2,3)4/h5-6,8-9,12H,7,10-11H2,1-4H3,(H,20,24). The number of hydrogen-bond donors (Lipinski definition) is 1. The first kappa shape index (κ1) is 17.2. The second-order valence-corrected chi connectivity index (χ2v) is 7.10. The highest BCUT2D eigenvalue weighted by Crippen LogP contribution is 2.24. The molecule has 0 aliphatic heterocycles.